The Balaban J connectivity index is 1.30. The zero-order valence-corrected chi connectivity index (χ0v) is 25.4. The standard InChI is InChI=1S/C28H39N6O8P/c1-4-38-25-22-24(31-28(29)32-25)34(16-30-22)26-17(2)23(35)21(41-26)15-39-43(37,42-20-13-9-6-10-14-20)33-18(3)27(36)40-19-11-7-5-8-12-19/h6,9-10,13-14,16-19,21,23,26,35H,4-5,7-8,11-12,15H2,1-3H3,(H,33,37)(H2,29,31,32)/t17-,18?,21+,23-,26+,43?/m0/s1. The van der Waals surface area contributed by atoms with Crippen molar-refractivity contribution in [2.45, 2.75) is 83.5 Å². The van der Waals surface area contributed by atoms with E-state index in [1.165, 1.54) is 6.33 Å². The van der Waals surface area contributed by atoms with Crippen molar-refractivity contribution in [1.29, 1.82) is 0 Å². The number of fused-ring (bicyclic) bond motifs is 1. The number of imidazole rings is 1. The number of rotatable bonds is 12. The van der Waals surface area contributed by atoms with Crippen LogP contribution in [0.15, 0.2) is 36.7 Å². The average molecular weight is 619 g/mol. The summed E-state index contributed by atoms with van der Waals surface area (Å²) in [7, 11) is -4.16. The number of para-hydroxylation sites is 1. The molecule has 14 nitrogen and oxygen atoms in total. The van der Waals surface area contributed by atoms with Crippen LogP contribution in [0.4, 0.5) is 5.95 Å². The minimum atomic E-state index is -4.16. The summed E-state index contributed by atoms with van der Waals surface area (Å²) in [5, 5.41) is 13.8. The number of anilines is 1. The van der Waals surface area contributed by atoms with E-state index >= 15 is 0 Å². The summed E-state index contributed by atoms with van der Waals surface area (Å²) in [6.45, 7) is 5.22. The molecule has 2 fully saturated rings. The third kappa shape index (κ3) is 7.27. The number of esters is 1. The van der Waals surface area contributed by atoms with Crippen molar-refractivity contribution in [2.75, 3.05) is 18.9 Å². The van der Waals surface area contributed by atoms with Gasteiger partial charge in [0.15, 0.2) is 11.2 Å². The molecular weight excluding hydrogens is 579 g/mol. The van der Waals surface area contributed by atoms with Crippen molar-refractivity contribution in [2.24, 2.45) is 5.92 Å². The number of nitrogen functional groups attached to an aromatic ring is 1. The van der Waals surface area contributed by atoms with E-state index in [-0.39, 0.29) is 30.3 Å². The molecule has 4 N–H and O–H groups in total. The van der Waals surface area contributed by atoms with Crippen molar-refractivity contribution in [1.82, 2.24) is 24.6 Å². The highest BCUT2D eigenvalue weighted by atomic mass is 31.2. The van der Waals surface area contributed by atoms with E-state index in [9.17, 15) is 14.5 Å². The number of aliphatic hydroxyl groups excluding tert-OH is 1. The molecule has 2 aromatic heterocycles. The van der Waals surface area contributed by atoms with Crippen molar-refractivity contribution in [3.63, 3.8) is 0 Å². The van der Waals surface area contributed by atoms with Gasteiger partial charge >= 0.3 is 13.7 Å². The molecule has 0 amide bonds. The van der Waals surface area contributed by atoms with Gasteiger partial charge in [-0.1, -0.05) is 31.5 Å². The van der Waals surface area contributed by atoms with Gasteiger partial charge < -0.3 is 29.6 Å². The minimum absolute atomic E-state index is 0.00462. The summed E-state index contributed by atoms with van der Waals surface area (Å²) < 4.78 is 44.6. The number of aliphatic hydroxyl groups is 1. The highest BCUT2D eigenvalue weighted by Crippen LogP contribution is 2.46. The molecule has 3 aromatic rings. The van der Waals surface area contributed by atoms with Crippen LogP contribution in [-0.2, 0) is 23.4 Å². The number of carbonyl (C=O) groups excluding carboxylic acids is 1. The fourth-order valence-electron chi connectivity index (χ4n) is 5.30. The van der Waals surface area contributed by atoms with Crippen LogP contribution >= 0.6 is 7.75 Å². The van der Waals surface area contributed by atoms with Crippen molar-refractivity contribution < 1.29 is 37.7 Å². The molecule has 1 saturated heterocycles. The maximum atomic E-state index is 14.0. The first-order chi connectivity index (χ1) is 20.7. The predicted octanol–water partition coefficient (Wildman–Crippen LogP) is 3.76. The van der Waals surface area contributed by atoms with E-state index in [1.807, 2.05) is 6.92 Å². The van der Waals surface area contributed by atoms with Gasteiger partial charge in [0.2, 0.25) is 11.8 Å². The van der Waals surface area contributed by atoms with Crippen LogP contribution in [-0.4, -0.2) is 68.2 Å². The number of hydrogen-bond acceptors (Lipinski definition) is 12. The number of nitrogens with one attached hydrogen (secondary N) is 1. The summed E-state index contributed by atoms with van der Waals surface area (Å²) in [6.07, 6.45) is 3.49. The van der Waals surface area contributed by atoms with Crippen LogP contribution < -0.4 is 20.1 Å². The van der Waals surface area contributed by atoms with E-state index in [0.717, 1.165) is 32.1 Å². The topological polar surface area (TPSA) is 182 Å². The van der Waals surface area contributed by atoms with Gasteiger partial charge in [0.05, 0.1) is 25.6 Å². The van der Waals surface area contributed by atoms with Crippen LogP contribution in [0.1, 0.15) is 59.1 Å². The molecule has 43 heavy (non-hydrogen) atoms. The third-order valence-electron chi connectivity index (χ3n) is 7.56. The first kappa shape index (κ1) is 31.1. The predicted molar refractivity (Wildman–Crippen MR) is 156 cm³/mol. The number of nitrogens with zero attached hydrogens (tertiary/aromatic N) is 4. The largest absolute Gasteiger partial charge is 0.476 e. The fourth-order valence-corrected chi connectivity index (χ4v) is 6.80. The monoisotopic (exact) mass is 618 g/mol. The second kappa shape index (κ2) is 13.6. The van der Waals surface area contributed by atoms with Crippen LogP contribution in [0.2, 0.25) is 0 Å². The molecule has 1 saturated carbocycles. The smallest absolute Gasteiger partial charge is 0.459 e. The van der Waals surface area contributed by atoms with E-state index in [1.54, 1.807) is 48.7 Å². The Morgan fingerprint density at radius 1 is 1.23 bits per heavy atom. The number of aromatic nitrogens is 4. The number of hydrogen-bond donors (Lipinski definition) is 3. The summed E-state index contributed by atoms with van der Waals surface area (Å²) in [6, 6.07) is 7.49. The molecule has 1 aliphatic heterocycles. The second-order valence-corrected chi connectivity index (χ2v) is 12.5. The Bertz CT molecular complexity index is 1440. The van der Waals surface area contributed by atoms with Gasteiger partial charge in [-0.15, -0.1) is 0 Å². The van der Waals surface area contributed by atoms with Crippen LogP contribution in [0.25, 0.3) is 11.2 Å². The van der Waals surface area contributed by atoms with Gasteiger partial charge in [-0.2, -0.15) is 15.1 Å². The molecule has 1 aliphatic carbocycles. The van der Waals surface area contributed by atoms with Crippen molar-refractivity contribution in [3.8, 4) is 11.6 Å². The maximum Gasteiger partial charge on any atom is 0.459 e. The number of carbonyl (C=O) groups is 1. The van der Waals surface area contributed by atoms with Crippen molar-refractivity contribution in [3.05, 3.63) is 36.7 Å². The summed E-state index contributed by atoms with van der Waals surface area (Å²) in [4.78, 5) is 25.6. The molecule has 2 unspecified atom stereocenters. The zero-order valence-electron chi connectivity index (χ0n) is 24.5. The van der Waals surface area contributed by atoms with Gasteiger partial charge in [-0.05, 0) is 51.7 Å². The van der Waals surface area contributed by atoms with Gasteiger partial charge in [0.1, 0.15) is 30.2 Å². The molecule has 2 aliphatic rings. The third-order valence-corrected chi connectivity index (χ3v) is 9.21. The number of nitrogens with two attached hydrogens (primary N) is 1. The Morgan fingerprint density at radius 3 is 2.70 bits per heavy atom. The molecule has 5 rings (SSSR count). The highest BCUT2D eigenvalue weighted by molar-refractivity contribution is 7.52. The number of benzene rings is 1. The molecule has 0 radical (unpaired) electrons. The zero-order chi connectivity index (χ0) is 30.6. The van der Waals surface area contributed by atoms with Crippen LogP contribution in [0.3, 0.4) is 0 Å². The normalized spacial score (nSPS) is 24.8. The highest BCUT2D eigenvalue weighted by Gasteiger charge is 2.44. The molecule has 0 bridgehead atoms. The van der Waals surface area contributed by atoms with Gasteiger partial charge in [-0.25, -0.2) is 9.55 Å². The lowest BCUT2D eigenvalue weighted by molar-refractivity contribution is -0.152. The van der Waals surface area contributed by atoms with Gasteiger partial charge in [-0.3, -0.25) is 13.9 Å². The molecule has 6 atom stereocenters. The van der Waals surface area contributed by atoms with Crippen LogP contribution in [0.5, 0.6) is 11.6 Å². The molecule has 0 spiro atoms. The first-order valence-corrected chi connectivity index (χ1v) is 16.2. The van der Waals surface area contributed by atoms with Gasteiger partial charge in [0.25, 0.3) is 0 Å². The Hall–Kier alpha value is -3.29. The first-order valence-electron chi connectivity index (χ1n) is 14.6. The van der Waals surface area contributed by atoms with Crippen molar-refractivity contribution >= 4 is 30.8 Å². The molecule has 1 aromatic carbocycles. The van der Waals surface area contributed by atoms with Crippen LogP contribution in [0, 0.1) is 5.92 Å². The lowest BCUT2D eigenvalue weighted by atomic mass is 9.98. The Kier molecular flexibility index (Phi) is 9.82. The summed E-state index contributed by atoms with van der Waals surface area (Å²) in [5.74, 6) is -0.457. The Morgan fingerprint density at radius 2 is 1.98 bits per heavy atom. The lowest BCUT2D eigenvalue weighted by Crippen LogP contribution is -2.38. The van der Waals surface area contributed by atoms with Gasteiger partial charge in [0, 0.05) is 5.92 Å². The van der Waals surface area contributed by atoms with E-state index in [4.69, 9.17) is 29.0 Å². The average Bonchev–Trinajstić information content (AvgIpc) is 3.53. The minimum Gasteiger partial charge on any atom is -0.476 e. The fraction of sp³-hybridized carbons (Fsp3) is 0.571. The summed E-state index contributed by atoms with van der Waals surface area (Å²) >= 11 is 0. The Labute approximate surface area is 249 Å². The molecule has 234 valence electrons. The SMILES string of the molecule is CCOc1nc(N)nc2c1ncn2[C@@H]1O[C@H](COP(=O)(NC(C)C(=O)OC2CCCCC2)Oc2ccccc2)[C@@H](O)[C@@H]1C. The lowest BCUT2D eigenvalue weighted by Gasteiger charge is -2.27. The molecule has 3 heterocycles. The van der Waals surface area contributed by atoms with E-state index in [0.29, 0.717) is 17.8 Å². The maximum absolute atomic E-state index is 14.0. The quantitative estimate of drug-likeness (QED) is 0.197. The van der Waals surface area contributed by atoms with E-state index < -0.39 is 44.1 Å². The summed E-state index contributed by atoms with van der Waals surface area (Å²) in [5.41, 5.74) is 6.69. The number of ether oxygens (including phenoxy) is 3. The molecule has 15 heteroatoms. The van der Waals surface area contributed by atoms with E-state index in [2.05, 4.69) is 20.0 Å². The second-order valence-electron chi connectivity index (χ2n) is 10.8. The molecular formula is C28H39N6O8P.